The van der Waals surface area contributed by atoms with Crippen LogP contribution in [0.5, 0.6) is 11.5 Å². The van der Waals surface area contributed by atoms with Crippen LogP contribution in [0.3, 0.4) is 0 Å². The highest BCUT2D eigenvalue weighted by Crippen LogP contribution is 2.40. The fraction of sp³-hybridized carbons (Fsp3) is 0.346. The normalized spacial score (nSPS) is 15.5. The number of carboxylic acids is 1. The maximum absolute atomic E-state index is 11.8. The molecular weight excluding hydrogens is 418 g/mol. The van der Waals surface area contributed by atoms with E-state index in [2.05, 4.69) is 22.0 Å². The van der Waals surface area contributed by atoms with Crippen molar-refractivity contribution in [2.75, 3.05) is 25.7 Å². The van der Waals surface area contributed by atoms with Crippen LogP contribution in [-0.4, -0.2) is 41.8 Å². The van der Waals surface area contributed by atoms with Crippen LogP contribution >= 0.6 is 0 Å². The van der Waals surface area contributed by atoms with E-state index in [1.165, 1.54) is 11.8 Å². The summed E-state index contributed by atoms with van der Waals surface area (Å²) in [5, 5.41) is 9.67. The molecule has 33 heavy (non-hydrogen) atoms. The molecule has 0 saturated carbocycles. The summed E-state index contributed by atoms with van der Waals surface area (Å²) in [5.74, 6) is 1.12. The fourth-order valence-electron chi connectivity index (χ4n) is 4.45. The van der Waals surface area contributed by atoms with E-state index in [9.17, 15) is 9.90 Å². The molecule has 0 radical (unpaired) electrons. The Labute approximate surface area is 194 Å². The summed E-state index contributed by atoms with van der Waals surface area (Å²) in [6, 6.07) is 16.0. The quantitative estimate of drug-likeness (QED) is 0.508. The largest absolute Gasteiger partial charge is 0.497 e. The van der Waals surface area contributed by atoms with Crippen LogP contribution in [0, 0.1) is 0 Å². The zero-order valence-electron chi connectivity index (χ0n) is 19.0. The van der Waals surface area contributed by atoms with Crippen molar-refractivity contribution in [3.8, 4) is 11.5 Å². The van der Waals surface area contributed by atoms with E-state index in [1.807, 2.05) is 36.4 Å². The van der Waals surface area contributed by atoms with Crippen molar-refractivity contribution in [2.24, 2.45) is 0 Å². The van der Waals surface area contributed by atoms with Gasteiger partial charge in [0, 0.05) is 18.3 Å². The molecule has 1 atom stereocenters. The van der Waals surface area contributed by atoms with Gasteiger partial charge in [-0.1, -0.05) is 30.3 Å². The van der Waals surface area contributed by atoms with Crippen LogP contribution < -0.4 is 14.4 Å². The van der Waals surface area contributed by atoms with Crippen molar-refractivity contribution in [2.45, 2.75) is 38.1 Å². The van der Waals surface area contributed by atoms with Crippen molar-refractivity contribution in [1.82, 2.24) is 9.97 Å². The predicted molar refractivity (Wildman–Crippen MR) is 126 cm³/mol. The van der Waals surface area contributed by atoms with Gasteiger partial charge in [0.2, 0.25) is 5.95 Å². The third-order valence-electron chi connectivity index (χ3n) is 6.11. The number of carbonyl (C=O) groups is 1. The molecular formula is C26H29N3O4. The zero-order valence-corrected chi connectivity index (χ0v) is 19.0. The third-order valence-corrected chi connectivity index (χ3v) is 6.11. The van der Waals surface area contributed by atoms with Gasteiger partial charge in [0.05, 0.1) is 31.5 Å². The molecule has 4 rings (SSSR count). The Morgan fingerprint density at radius 3 is 2.67 bits per heavy atom. The van der Waals surface area contributed by atoms with Gasteiger partial charge in [-0.2, -0.15) is 0 Å². The second kappa shape index (κ2) is 10.3. The number of benzene rings is 2. The minimum absolute atomic E-state index is 0.0305. The number of aromatic carboxylic acids is 1. The SMILES string of the molecule is COc1ccc(OC)c([C@H]2CCCN2c2ncc(C(=O)O)c(CCCc3ccccc3)n2)c1. The van der Waals surface area contributed by atoms with Crippen LogP contribution in [0.1, 0.15) is 52.5 Å². The second-order valence-electron chi connectivity index (χ2n) is 8.13. The number of aryl methyl sites for hydroxylation is 2. The molecule has 3 aromatic rings. The topological polar surface area (TPSA) is 84.8 Å². The molecule has 0 bridgehead atoms. The average molecular weight is 448 g/mol. The number of hydrogen-bond acceptors (Lipinski definition) is 6. The Balaban J connectivity index is 1.60. The van der Waals surface area contributed by atoms with E-state index in [1.54, 1.807) is 14.2 Å². The first-order chi connectivity index (χ1) is 16.1. The van der Waals surface area contributed by atoms with E-state index >= 15 is 0 Å². The lowest BCUT2D eigenvalue weighted by molar-refractivity contribution is 0.0694. The maximum Gasteiger partial charge on any atom is 0.339 e. The fourth-order valence-corrected chi connectivity index (χ4v) is 4.45. The van der Waals surface area contributed by atoms with E-state index in [4.69, 9.17) is 14.5 Å². The molecule has 0 unspecified atom stereocenters. The smallest absolute Gasteiger partial charge is 0.339 e. The van der Waals surface area contributed by atoms with E-state index in [0.29, 0.717) is 18.1 Å². The summed E-state index contributed by atoms with van der Waals surface area (Å²) < 4.78 is 11.0. The Morgan fingerprint density at radius 2 is 1.94 bits per heavy atom. The van der Waals surface area contributed by atoms with Gasteiger partial charge < -0.3 is 19.5 Å². The standard InChI is InChI=1S/C26H29N3O4/c1-32-19-13-14-24(33-2)20(16-19)23-12-7-15-29(23)26-27-17-21(25(30)31)22(28-26)11-6-10-18-8-4-3-5-9-18/h3-5,8-9,13-14,16-17,23H,6-7,10-12,15H2,1-2H3,(H,30,31)/t23-/m1/s1. The number of aromatic nitrogens is 2. The van der Waals surface area contributed by atoms with Crippen LogP contribution in [0.2, 0.25) is 0 Å². The highest BCUT2D eigenvalue weighted by Gasteiger charge is 2.31. The first-order valence-electron chi connectivity index (χ1n) is 11.2. The van der Waals surface area contributed by atoms with E-state index in [0.717, 1.165) is 49.3 Å². The molecule has 0 aliphatic carbocycles. The van der Waals surface area contributed by atoms with E-state index < -0.39 is 5.97 Å². The number of anilines is 1. The van der Waals surface area contributed by atoms with Crippen LogP contribution in [-0.2, 0) is 12.8 Å². The van der Waals surface area contributed by atoms with Crippen molar-refractivity contribution >= 4 is 11.9 Å². The van der Waals surface area contributed by atoms with Crippen LogP contribution in [0.15, 0.2) is 54.7 Å². The number of carboxylic acid groups (broad SMARTS) is 1. The molecule has 0 amide bonds. The number of rotatable bonds is 9. The second-order valence-corrected chi connectivity index (χ2v) is 8.13. The Hall–Kier alpha value is -3.61. The molecule has 1 fully saturated rings. The molecule has 1 saturated heterocycles. The van der Waals surface area contributed by atoms with Gasteiger partial charge >= 0.3 is 5.97 Å². The number of nitrogens with zero attached hydrogens (tertiary/aromatic N) is 3. The molecule has 1 aromatic heterocycles. The van der Waals surface area contributed by atoms with Gasteiger partial charge in [-0.3, -0.25) is 0 Å². The highest BCUT2D eigenvalue weighted by molar-refractivity contribution is 5.88. The lowest BCUT2D eigenvalue weighted by Gasteiger charge is -2.27. The Morgan fingerprint density at radius 1 is 1.12 bits per heavy atom. The average Bonchev–Trinajstić information content (AvgIpc) is 3.34. The minimum Gasteiger partial charge on any atom is -0.497 e. The number of ether oxygens (including phenoxy) is 2. The van der Waals surface area contributed by atoms with Gasteiger partial charge in [0.15, 0.2) is 0 Å². The van der Waals surface area contributed by atoms with Gasteiger partial charge in [0.25, 0.3) is 0 Å². The lowest BCUT2D eigenvalue weighted by atomic mass is 10.0. The molecule has 7 nitrogen and oxygen atoms in total. The molecule has 7 heteroatoms. The number of hydrogen-bond donors (Lipinski definition) is 1. The monoisotopic (exact) mass is 447 g/mol. The summed E-state index contributed by atoms with van der Waals surface area (Å²) >= 11 is 0. The minimum atomic E-state index is -0.997. The number of methoxy groups -OCH3 is 2. The van der Waals surface area contributed by atoms with Crippen molar-refractivity contribution in [3.05, 3.63) is 77.1 Å². The lowest BCUT2D eigenvalue weighted by Crippen LogP contribution is -2.26. The molecule has 2 heterocycles. The Kier molecular flexibility index (Phi) is 7.07. The maximum atomic E-state index is 11.8. The summed E-state index contributed by atoms with van der Waals surface area (Å²) in [4.78, 5) is 23.1. The first-order valence-corrected chi connectivity index (χ1v) is 11.2. The van der Waals surface area contributed by atoms with Gasteiger partial charge in [-0.15, -0.1) is 0 Å². The summed E-state index contributed by atoms with van der Waals surface area (Å²) in [6.45, 7) is 0.793. The first kappa shape index (κ1) is 22.6. The van der Waals surface area contributed by atoms with Crippen molar-refractivity contribution in [3.63, 3.8) is 0 Å². The van der Waals surface area contributed by atoms with Crippen molar-refractivity contribution < 1.29 is 19.4 Å². The highest BCUT2D eigenvalue weighted by atomic mass is 16.5. The van der Waals surface area contributed by atoms with Gasteiger partial charge in [0.1, 0.15) is 11.5 Å². The van der Waals surface area contributed by atoms with Gasteiger partial charge in [-0.05, 0) is 55.9 Å². The molecule has 2 aromatic carbocycles. The molecule has 1 aliphatic heterocycles. The van der Waals surface area contributed by atoms with Crippen LogP contribution in [0.25, 0.3) is 0 Å². The Bertz CT molecular complexity index is 1100. The molecule has 1 aliphatic rings. The summed E-state index contributed by atoms with van der Waals surface area (Å²) in [6.07, 6.45) is 5.61. The third kappa shape index (κ3) is 5.08. The molecule has 0 spiro atoms. The predicted octanol–water partition coefficient (Wildman–Crippen LogP) is 4.71. The van der Waals surface area contributed by atoms with Gasteiger partial charge in [-0.25, -0.2) is 14.8 Å². The van der Waals surface area contributed by atoms with Crippen molar-refractivity contribution in [1.29, 1.82) is 0 Å². The summed E-state index contributed by atoms with van der Waals surface area (Å²) in [5.41, 5.74) is 2.99. The molecule has 1 N–H and O–H groups in total. The van der Waals surface area contributed by atoms with E-state index in [-0.39, 0.29) is 11.6 Å². The zero-order chi connectivity index (χ0) is 23.2. The van der Waals surface area contributed by atoms with Crippen LogP contribution in [0.4, 0.5) is 5.95 Å². The summed E-state index contributed by atoms with van der Waals surface area (Å²) in [7, 11) is 3.31. The molecule has 172 valence electrons.